The van der Waals surface area contributed by atoms with E-state index in [1.807, 2.05) is 0 Å². The number of halogens is 3. The zero-order chi connectivity index (χ0) is 16.1. The second-order valence-electron chi connectivity index (χ2n) is 4.92. The average Bonchev–Trinajstić information content (AvgIpc) is 2.84. The Morgan fingerprint density at radius 3 is 2.57 bits per heavy atom. The molecule has 1 aliphatic rings. The van der Waals surface area contributed by atoms with Gasteiger partial charge in [0.15, 0.2) is 5.41 Å². The van der Waals surface area contributed by atoms with Gasteiger partial charge in [-0.2, -0.15) is 13.2 Å². The summed E-state index contributed by atoms with van der Waals surface area (Å²) in [5, 5.41) is 8.88. The molecule has 120 valence electrons. The van der Waals surface area contributed by atoms with Crippen molar-refractivity contribution in [2.24, 2.45) is 5.41 Å². The first kappa shape index (κ1) is 17.5. The molecule has 1 atom stereocenters. The lowest BCUT2D eigenvalue weighted by molar-refractivity contribution is -0.227. The van der Waals surface area contributed by atoms with Crippen molar-refractivity contribution in [1.29, 1.82) is 0 Å². The topological polar surface area (TPSA) is 66.8 Å². The Hall–Kier alpha value is -1.57. The van der Waals surface area contributed by atoms with Crippen LogP contribution in [0.15, 0.2) is 12.7 Å². The van der Waals surface area contributed by atoms with Crippen LogP contribution in [0.1, 0.15) is 19.3 Å². The standard InChI is InChI=1S/C13H18F3NO4/c1-2-7-21-8-3-4-10(18)17-6-5-12(9-17,11(19)20)13(14,15)16/h2H,1,3-9H2,(H,19,20). The summed E-state index contributed by atoms with van der Waals surface area (Å²) >= 11 is 0. The Morgan fingerprint density at radius 2 is 2.10 bits per heavy atom. The number of likely N-dealkylation sites (tertiary alicyclic amines) is 1. The summed E-state index contributed by atoms with van der Waals surface area (Å²) in [5.74, 6) is -2.41. The molecule has 5 nitrogen and oxygen atoms in total. The zero-order valence-electron chi connectivity index (χ0n) is 11.5. The second-order valence-corrected chi connectivity index (χ2v) is 4.92. The lowest BCUT2D eigenvalue weighted by Crippen LogP contribution is -2.47. The minimum atomic E-state index is -4.87. The van der Waals surface area contributed by atoms with Crippen molar-refractivity contribution < 1.29 is 32.6 Å². The van der Waals surface area contributed by atoms with Crippen LogP contribution in [-0.2, 0) is 14.3 Å². The molecule has 0 spiro atoms. The SMILES string of the molecule is C=CCOCCCC(=O)N1CCC(C(=O)O)(C(F)(F)F)C1. The van der Waals surface area contributed by atoms with E-state index >= 15 is 0 Å². The van der Waals surface area contributed by atoms with Crippen LogP contribution in [0.3, 0.4) is 0 Å². The van der Waals surface area contributed by atoms with Gasteiger partial charge in [0.2, 0.25) is 5.91 Å². The van der Waals surface area contributed by atoms with Gasteiger partial charge < -0.3 is 14.7 Å². The van der Waals surface area contributed by atoms with Gasteiger partial charge in [0.25, 0.3) is 0 Å². The lowest BCUT2D eigenvalue weighted by atomic mass is 9.86. The monoisotopic (exact) mass is 309 g/mol. The van der Waals surface area contributed by atoms with E-state index in [0.717, 1.165) is 4.90 Å². The normalized spacial score (nSPS) is 22.3. The van der Waals surface area contributed by atoms with Crippen molar-refractivity contribution in [3.63, 3.8) is 0 Å². The van der Waals surface area contributed by atoms with Crippen LogP contribution in [-0.4, -0.2) is 54.4 Å². The highest BCUT2D eigenvalue weighted by atomic mass is 19.4. The molecule has 0 bridgehead atoms. The molecule has 1 aliphatic heterocycles. The largest absolute Gasteiger partial charge is 0.481 e. The molecular formula is C13H18F3NO4. The van der Waals surface area contributed by atoms with Crippen LogP contribution < -0.4 is 0 Å². The van der Waals surface area contributed by atoms with Crippen molar-refractivity contribution in [1.82, 2.24) is 4.90 Å². The first-order valence-corrected chi connectivity index (χ1v) is 6.51. The Labute approximate surface area is 120 Å². The van der Waals surface area contributed by atoms with Crippen LogP contribution in [0.25, 0.3) is 0 Å². The van der Waals surface area contributed by atoms with Gasteiger partial charge in [0.1, 0.15) is 0 Å². The van der Waals surface area contributed by atoms with Crippen molar-refractivity contribution >= 4 is 11.9 Å². The first-order valence-electron chi connectivity index (χ1n) is 6.51. The number of carbonyl (C=O) groups is 2. The summed E-state index contributed by atoms with van der Waals surface area (Å²) < 4.78 is 43.9. The van der Waals surface area contributed by atoms with Gasteiger partial charge in [0, 0.05) is 26.1 Å². The average molecular weight is 309 g/mol. The Kier molecular flexibility index (Phi) is 5.77. The van der Waals surface area contributed by atoms with E-state index in [1.165, 1.54) is 0 Å². The summed E-state index contributed by atoms with van der Waals surface area (Å²) in [6.07, 6.45) is -3.53. The number of hydrogen-bond acceptors (Lipinski definition) is 3. The summed E-state index contributed by atoms with van der Waals surface area (Å²) in [4.78, 5) is 23.8. The van der Waals surface area contributed by atoms with E-state index in [0.29, 0.717) is 19.6 Å². The molecule has 0 aromatic rings. The molecule has 1 fully saturated rings. The molecule has 0 saturated carbocycles. The maximum absolute atomic E-state index is 12.9. The first-order chi connectivity index (χ1) is 9.74. The number of carbonyl (C=O) groups excluding carboxylic acids is 1. The fourth-order valence-electron chi connectivity index (χ4n) is 2.20. The van der Waals surface area contributed by atoms with Gasteiger partial charge in [-0.05, 0) is 12.8 Å². The van der Waals surface area contributed by atoms with E-state index in [2.05, 4.69) is 6.58 Å². The number of alkyl halides is 3. The molecule has 8 heteroatoms. The number of amides is 1. The summed E-state index contributed by atoms with van der Waals surface area (Å²) in [5.41, 5.74) is -2.85. The van der Waals surface area contributed by atoms with Crippen molar-refractivity contribution in [2.45, 2.75) is 25.4 Å². The Bertz CT molecular complexity index is 411. The van der Waals surface area contributed by atoms with E-state index in [4.69, 9.17) is 9.84 Å². The number of ether oxygens (including phenoxy) is 1. The van der Waals surface area contributed by atoms with E-state index in [1.54, 1.807) is 6.08 Å². The van der Waals surface area contributed by atoms with Crippen molar-refractivity contribution in [3.8, 4) is 0 Å². The fraction of sp³-hybridized carbons (Fsp3) is 0.692. The second kappa shape index (κ2) is 6.93. The summed E-state index contributed by atoms with van der Waals surface area (Å²) in [7, 11) is 0. The predicted molar refractivity (Wildman–Crippen MR) is 67.6 cm³/mol. The van der Waals surface area contributed by atoms with Crippen LogP contribution >= 0.6 is 0 Å². The fourth-order valence-corrected chi connectivity index (χ4v) is 2.20. The predicted octanol–water partition coefficient (Wildman–Crippen LogP) is 1.83. The van der Waals surface area contributed by atoms with E-state index in [9.17, 15) is 22.8 Å². The third-order valence-electron chi connectivity index (χ3n) is 3.49. The molecule has 1 amide bonds. The third kappa shape index (κ3) is 3.96. The van der Waals surface area contributed by atoms with E-state index < -0.39 is 36.4 Å². The quantitative estimate of drug-likeness (QED) is 0.575. The Morgan fingerprint density at radius 1 is 1.43 bits per heavy atom. The summed E-state index contributed by atoms with van der Waals surface area (Å²) in [6.45, 7) is 3.07. The van der Waals surface area contributed by atoms with Crippen molar-refractivity contribution in [2.75, 3.05) is 26.3 Å². The van der Waals surface area contributed by atoms with Crippen LogP contribution in [0.4, 0.5) is 13.2 Å². The van der Waals surface area contributed by atoms with Crippen LogP contribution in [0.5, 0.6) is 0 Å². The maximum atomic E-state index is 12.9. The molecular weight excluding hydrogens is 291 g/mol. The highest BCUT2D eigenvalue weighted by Gasteiger charge is 2.64. The molecule has 0 radical (unpaired) electrons. The number of nitrogens with zero attached hydrogens (tertiary/aromatic N) is 1. The highest BCUT2D eigenvalue weighted by molar-refractivity contribution is 5.81. The van der Waals surface area contributed by atoms with Gasteiger partial charge >= 0.3 is 12.1 Å². The van der Waals surface area contributed by atoms with Gasteiger partial charge in [0.05, 0.1) is 6.61 Å². The molecule has 1 N–H and O–H groups in total. The van der Waals surface area contributed by atoms with Gasteiger partial charge in [-0.3, -0.25) is 9.59 Å². The van der Waals surface area contributed by atoms with Crippen LogP contribution in [0.2, 0.25) is 0 Å². The number of aliphatic carboxylic acids is 1. The summed E-state index contributed by atoms with van der Waals surface area (Å²) in [6, 6.07) is 0. The zero-order valence-corrected chi connectivity index (χ0v) is 11.5. The van der Waals surface area contributed by atoms with Crippen LogP contribution in [0, 0.1) is 5.41 Å². The van der Waals surface area contributed by atoms with Gasteiger partial charge in [-0.1, -0.05) is 6.08 Å². The lowest BCUT2D eigenvalue weighted by Gasteiger charge is -2.27. The number of rotatable bonds is 7. The number of carboxylic acid groups (broad SMARTS) is 1. The highest BCUT2D eigenvalue weighted by Crippen LogP contribution is 2.45. The minimum absolute atomic E-state index is 0.0324. The Balaban J connectivity index is 2.54. The molecule has 21 heavy (non-hydrogen) atoms. The number of carboxylic acids is 1. The number of hydrogen-bond donors (Lipinski definition) is 1. The minimum Gasteiger partial charge on any atom is -0.481 e. The molecule has 1 heterocycles. The molecule has 0 aromatic heterocycles. The van der Waals surface area contributed by atoms with Gasteiger partial charge in [-0.15, -0.1) is 6.58 Å². The third-order valence-corrected chi connectivity index (χ3v) is 3.49. The molecule has 0 aliphatic carbocycles. The smallest absolute Gasteiger partial charge is 0.406 e. The molecule has 1 saturated heterocycles. The molecule has 1 unspecified atom stereocenters. The van der Waals surface area contributed by atoms with Crippen molar-refractivity contribution in [3.05, 3.63) is 12.7 Å². The van der Waals surface area contributed by atoms with E-state index in [-0.39, 0.29) is 13.0 Å². The molecule has 0 aromatic carbocycles. The maximum Gasteiger partial charge on any atom is 0.406 e. The van der Waals surface area contributed by atoms with Gasteiger partial charge in [-0.25, -0.2) is 0 Å². The molecule has 1 rings (SSSR count).